The highest BCUT2D eigenvalue weighted by Gasteiger charge is 2.19. The molecule has 0 aliphatic carbocycles. The molecule has 11 heteroatoms. The smallest absolute Gasteiger partial charge is 0.337 e. The van der Waals surface area contributed by atoms with Crippen LogP contribution in [0.1, 0.15) is 77.2 Å². The van der Waals surface area contributed by atoms with E-state index in [1.807, 2.05) is 51.1 Å². The van der Waals surface area contributed by atoms with Crippen LogP contribution in [0.5, 0.6) is 17.2 Å². The zero-order valence-corrected chi connectivity index (χ0v) is 29.0. The van der Waals surface area contributed by atoms with Crippen molar-refractivity contribution in [3.8, 4) is 17.2 Å². The molecule has 0 spiro atoms. The molecule has 3 amide bonds. The number of ether oxygens (including phenoxy) is 4. The lowest BCUT2D eigenvalue weighted by Gasteiger charge is -2.17. The van der Waals surface area contributed by atoms with E-state index in [2.05, 4.69) is 16.0 Å². The first-order valence-corrected chi connectivity index (χ1v) is 16.4. The Hall–Kier alpha value is -5.84. The standard InChI is InChI=1S/C39H43N3O8/c1-6-7-19-48-34-20-28(14-17-32(34)41-38(45)29-13-16-31(40-26(4)43)35(21-29)49-23-25(2)3)37(44)42-33-18-15-30(39(46)47-5)22-36(33)50-24-27-11-9-8-10-12-27/h8-18,20-22,25H,6-7,19,23-24H2,1-5H3,(H,40,43)(H,41,45)(H,42,44). The van der Waals surface area contributed by atoms with Crippen LogP contribution in [-0.2, 0) is 16.1 Å². The number of carbonyl (C=O) groups excluding carboxylic acids is 4. The first-order chi connectivity index (χ1) is 24.1. The third kappa shape index (κ3) is 10.6. The zero-order chi connectivity index (χ0) is 36.0. The lowest BCUT2D eigenvalue weighted by Crippen LogP contribution is -2.16. The van der Waals surface area contributed by atoms with Crippen LogP contribution in [0.4, 0.5) is 17.1 Å². The normalized spacial score (nSPS) is 10.6. The van der Waals surface area contributed by atoms with E-state index in [1.54, 1.807) is 42.5 Å². The van der Waals surface area contributed by atoms with Gasteiger partial charge in [-0.05, 0) is 72.5 Å². The van der Waals surface area contributed by atoms with Gasteiger partial charge in [-0.1, -0.05) is 57.5 Å². The predicted octanol–water partition coefficient (Wildman–Crippen LogP) is 7.73. The summed E-state index contributed by atoms with van der Waals surface area (Å²) in [7, 11) is 1.29. The maximum Gasteiger partial charge on any atom is 0.337 e. The number of unbranched alkanes of at least 4 members (excludes halogenated alkanes) is 1. The highest BCUT2D eigenvalue weighted by molar-refractivity contribution is 6.08. The molecular weight excluding hydrogens is 638 g/mol. The third-order valence-corrected chi connectivity index (χ3v) is 7.26. The van der Waals surface area contributed by atoms with Gasteiger partial charge in [0.2, 0.25) is 5.91 Å². The molecule has 11 nitrogen and oxygen atoms in total. The van der Waals surface area contributed by atoms with Crippen LogP contribution in [0.15, 0.2) is 84.9 Å². The van der Waals surface area contributed by atoms with Crippen molar-refractivity contribution in [1.82, 2.24) is 0 Å². The van der Waals surface area contributed by atoms with E-state index in [9.17, 15) is 19.2 Å². The molecule has 0 fully saturated rings. The van der Waals surface area contributed by atoms with Gasteiger partial charge in [-0.3, -0.25) is 14.4 Å². The fourth-order valence-electron chi connectivity index (χ4n) is 4.66. The molecule has 50 heavy (non-hydrogen) atoms. The number of nitrogens with one attached hydrogen (secondary N) is 3. The van der Waals surface area contributed by atoms with Crippen molar-refractivity contribution < 1.29 is 38.1 Å². The molecule has 4 aromatic rings. The first kappa shape index (κ1) is 37.0. The highest BCUT2D eigenvalue weighted by atomic mass is 16.5. The summed E-state index contributed by atoms with van der Waals surface area (Å²) in [6.07, 6.45) is 1.65. The van der Waals surface area contributed by atoms with Gasteiger partial charge >= 0.3 is 5.97 Å². The second kappa shape index (κ2) is 18.1. The molecular formula is C39H43N3O8. The number of amides is 3. The van der Waals surface area contributed by atoms with Gasteiger partial charge in [0.15, 0.2) is 0 Å². The Balaban J connectivity index is 1.58. The second-order valence-electron chi connectivity index (χ2n) is 11.9. The van der Waals surface area contributed by atoms with E-state index in [4.69, 9.17) is 18.9 Å². The Bertz CT molecular complexity index is 1810. The van der Waals surface area contributed by atoms with Gasteiger partial charge in [0.1, 0.15) is 23.9 Å². The first-order valence-electron chi connectivity index (χ1n) is 16.4. The molecule has 0 bridgehead atoms. The van der Waals surface area contributed by atoms with E-state index in [-0.39, 0.29) is 35.3 Å². The van der Waals surface area contributed by atoms with Crippen LogP contribution in [0.2, 0.25) is 0 Å². The number of methoxy groups -OCH3 is 1. The van der Waals surface area contributed by atoms with E-state index in [0.29, 0.717) is 47.3 Å². The summed E-state index contributed by atoms with van der Waals surface area (Å²) < 4.78 is 22.8. The number of anilines is 3. The largest absolute Gasteiger partial charge is 0.491 e. The molecule has 0 unspecified atom stereocenters. The Morgan fingerprint density at radius 3 is 1.72 bits per heavy atom. The monoisotopic (exact) mass is 681 g/mol. The molecule has 0 aliphatic heterocycles. The van der Waals surface area contributed by atoms with E-state index < -0.39 is 17.8 Å². The van der Waals surface area contributed by atoms with Crippen molar-refractivity contribution in [2.75, 3.05) is 36.3 Å². The number of rotatable bonds is 16. The van der Waals surface area contributed by atoms with Crippen molar-refractivity contribution in [3.63, 3.8) is 0 Å². The van der Waals surface area contributed by atoms with Crippen LogP contribution in [0.3, 0.4) is 0 Å². The molecule has 4 aromatic carbocycles. The summed E-state index contributed by atoms with van der Waals surface area (Å²) in [4.78, 5) is 51.0. The van der Waals surface area contributed by atoms with Crippen molar-refractivity contribution in [3.05, 3.63) is 107 Å². The van der Waals surface area contributed by atoms with E-state index in [1.165, 1.54) is 26.2 Å². The minimum Gasteiger partial charge on any atom is -0.491 e. The minimum absolute atomic E-state index is 0.208. The lowest BCUT2D eigenvalue weighted by atomic mass is 10.1. The van der Waals surface area contributed by atoms with Crippen LogP contribution < -0.4 is 30.2 Å². The van der Waals surface area contributed by atoms with Gasteiger partial charge in [-0.25, -0.2) is 4.79 Å². The van der Waals surface area contributed by atoms with Crippen LogP contribution in [-0.4, -0.2) is 44.0 Å². The topological polar surface area (TPSA) is 141 Å². The van der Waals surface area contributed by atoms with Gasteiger partial charge < -0.3 is 34.9 Å². The Morgan fingerprint density at radius 1 is 0.660 bits per heavy atom. The van der Waals surface area contributed by atoms with Gasteiger partial charge in [0.05, 0.1) is 42.9 Å². The average Bonchev–Trinajstić information content (AvgIpc) is 3.11. The van der Waals surface area contributed by atoms with Gasteiger partial charge in [0.25, 0.3) is 11.8 Å². The van der Waals surface area contributed by atoms with Crippen LogP contribution in [0, 0.1) is 5.92 Å². The molecule has 0 radical (unpaired) electrons. The third-order valence-electron chi connectivity index (χ3n) is 7.26. The number of hydrogen-bond donors (Lipinski definition) is 3. The van der Waals surface area contributed by atoms with Gasteiger partial charge in [-0.2, -0.15) is 0 Å². The second-order valence-corrected chi connectivity index (χ2v) is 11.9. The predicted molar refractivity (Wildman–Crippen MR) is 192 cm³/mol. The fraction of sp³-hybridized carbons (Fsp3) is 0.282. The number of esters is 1. The molecule has 3 N–H and O–H groups in total. The molecule has 0 aliphatic rings. The SMILES string of the molecule is CCCCOc1cc(C(=O)Nc2ccc(C(=O)OC)cc2OCc2ccccc2)ccc1NC(=O)c1ccc(NC(C)=O)c(OCC(C)C)c1. The zero-order valence-electron chi connectivity index (χ0n) is 29.0. The number of benzene rings is 4. The Kier molecular flexibility index (Phi) is 13.4. The number of hydrogen-bond acceptors (Lipinski definition) is 8. The van der Waals surface area contributed by atoms with Crippen LogP contribution >= 0.6 is 0 Å². The molecule has 0 saturated heterocycles. The molecule has 0 atom stereocenters. The van der Waals surface area contributed by atoms with Crippen molar-refractivity contribution in [2.45, 2.75) is 47.1 Å². The average molecular weight is 682 g/mol. The Morgan fingerprint density at radius 2 is 1.18 bits per heavy atom. The van der Waals surface area contributed by atoms with Crippen molar-refractivity contribution >= 4 is 40.8 Å². The summed E-state index contributed by atoms with van der Waals surface area (Å²) in [6, 6.07) is 23.6. The summed E-state index contributed by atoms with van der Waals surface area (Å²) >= 11 is 0. The van der Waals surface area contributed by atoms with Gasteiger partial charge in [0, 0.05) is 18.1 Å². The van der Waals surface area contributed by atoms with Crippen LogP contribution in [0.25, 0.3) is 0 Å². The summed E-state index contributed by atoms with van der Waals surface area (Å²) in [5.41, 5.74) is 2.92. The summed E-state index contributed by atoms with van der Waals surface area (Å²) in [6.45, 7) is 8.40. The van der Waals surface area contributed by atoms with Crippen molar-refractivity contribution in [2.24, 2.45) is 5.92 Å². The maximum atomic E-state index is 13.6. The lowest BCUT2D eigenvalue weighted by molar-refractivity contribution is -0.114. The van der Waals surface area contributed by atoms with Gasteiger partial charge in [-0.15, -0.1) is 0 Å². The highest BCUT2D eigenvalue weighted by Crippen LogP contribution is 2.32. The van der Waals surface area contributed by atoms with E-state index >= 15 is 0 Å². The molecule has 4 rings (SSSR count). The van der Waals surface area contributed by atoms with E-state index in [0.717, 1.165) is 18.4 Å². The number of carbonyl (C=O) groups is 4. The maximum absolute atomic E-state index is 13.6. The summed E-state index contributed by atoms with van der Waals surface area (Å²) in [5.74, 6) is -0.493. The fourth-order valence-corrected chi connectivity index (χ4v) is 4.66. The van der Waals surface area contributed by atoms with Crippen molar-refractivity contribution in [1.29, 1.82) is 0 Å². The minimum atomic E-state index is -0.540. The molecule has 0 heterocycles. The molecule has 0 saturated carbocycles. The summed E-state index contributed by atoms with van der Waals surface area (Å²) in [5, 5.41) is 8.48. The Labute approximate surface area is 292 Å². The molecule has 262 valence electrons. The quantitative estimate of drug-likeness (QED) is 0.0806. The molecule has 0 aromatic heterocycles.